The zero-order valence-electron chi connectivity index (χ0n) is 16.2. The van der Waals surface area contributed by atoms with Crippen LogP contribution >= 0.6 is 0 Å². The van der Waals surface area contributed by atoms with Gasteiger partial charge in [-0.2, -0.15) is 0 Å². The highest BCUT2D eigenvalue weighted by atomic mass is 16.5. The third-order valence-corrected chi connectivity index (χ3v) is 5.14. The summed E-state index contributed by atoms with van der Waals surface area (Å²) in [7, 11) is 1.56. The van der Waals surface area contributed by atoms with Crippen molar-refractivity contribution in [3.8, 4) is 23.0 Å². The molecule has 0 unspecified atom stereocenters. The van der Waals surface area contributed by atoms with Gasteiger partial charge >= 0.3 is 5.97 Å². The van der Waals surface area contributed by atoms with Gasteiger partial charge in [-0.1, -0.05) is 25.3 Å². The number of rotatable bonds is 5. The Morgan fingerprint density at radius 2 is 1.79 bits per heavy atom. The van der Waals surface area contributed by atoms with Crippen molar-refractivity contribution in [2.45, 2.75) is 32.1 Å². The Morgan fingerprint density at radius 1 is 1.00 bits per heavy atom. The van der Waals surface area contributed by atoms with Gasteiger partial charge in [0.15, 0.2) is 0 Å². The lowest BCUT2D eigenvalue weighted by Crippen LogP contribution is -2.22. The fraction of sp³-hybridized carbons (Fsp3) is 0.304. The molecule has 1 aliphatic rings. The molecule has 0 aliphatic heterocycles. The number of carbonyl (C=O) groups excluding carboxylic acids is 1. The number of ether oxygens (including phenoxy) is 3. The number of hydrogen-bond acceptors (Lipinski definition) is 6. The largest absolute Gasteiger partial charge is 0.497 e. The number of esters is 1. The molecule has 0 N–H and O–H groups in total. The summed E-state index contributed by atoms with van der Waals surface area (Å²) in [5, 5.41) is 0.350. The first-order chi connectivity index (χ1) is 14.1. The monoisotopic (exact) mass is 394 g/mol. The predicted molar refractivity (Wildman–Crippen MR) is 108 cm³/mol. The minimum atomic E-state index is -0.306. The van der Waals surface area contributed by atoms with Crippen LogP contribution in [0.15, 0.2) is 57.9 Å². The molecule has 0 spiro atoms. The molecular weight excluding hydrogens is 372 g/mol. The second-order valence-electron chi connectivity index (χ2n) is 7.12. The summed E-state index contributed by atoms with van der Waals surface area (Å²) in [4.78, 5) is 25.1. The maximum atomic E-state index is 12.7. The van der Waals surface area contributed by atoms with Gasteiger partial charge in [-0.25, -0.2) is 0 Å². The van der Waals surface area contributed by atoms with Crippen LogP contribution in [0.25, 0.3) is 11.0 Å². The standard InChI is InChI=1S/C23H22O6/c1-26-16-8-5-9-17(12-16)28-21-14-27-20-13-18(10-11-19(20)22(21)24)29-23(25)15-6-3-2-4-7-15/h5,8-15H,2-4,6-7H2,1H3. The maximum Gasteiger partial charge on any atom is 0.314 e. The SMILES string of the molecule is COc1cccc(Oc2coc3cc(OC(=O)C4CCCCC4)ccc3c2=O)c1. The van der Waals surface area contributed by atoms with Gasteiger partial charge in [0.25, 0.3) is 0 Å². The Bertz CT molecular complexity index is 1080. The van der Waals surface area contributed by atoms with E-state index in [0.29, 0.717) is 28.2 Å². The molecule has 1 saturated carbocycles. The second kappa shape index (κ2) is 8.39. The summed E-state index contributed by atoms with van der Waals surface area (Å²) in [6.07, 6.45) is 6.28. The molecule has 1 aromatic heterocycles. The van der Waals surface area contributed by atoms with E-state index in [4.69, 9.17) is 18.6 Å². The third-order valence-electron chi connectivity index (χ3n) is 5.14. The summed E-state index contributed by atoms with van der Waals surface area (Å²) in [5.74, 6) is 1.26. The van der Waals surface area contributed by atoms with E-state index in [1.165, 1.54) is 12.7 Å². The Kier molecular flexibility index (Phi) is 5.51. The molecule has 0 atom stereocenters. The quantitative estimate of drug-likeness (QED) is 0.444. The topological polar surface area (TPSA) is 75.0 Å². The first kappa shape index (κ1) is 19.1. The fourth-order valence-electron chi connectivity index (χ4n) is 3.55. The smallest absolute Gasteiger partial charge is 0.314 e. The highest BCUT2D eigenvalue weighted by molar-refractivity contribution is 5.81. The van der Waals surface area contributed by atoms with Crippen LogP contribution in [0.4, 0.5) is 0 Å². The third kappa shape index (κ3) is 4.26. The van der Waals surface area contributed by atoms with Crippen molar-refractivity contribution in [1.82, 2.24) is 0 Å². The molecule has 0 saturated heterocycles. The molecule has 4 rings (SSSR count). The molecule has 0 amide bonds. The number of benzene rings is 2. The Labute approximate surface area is 168 Å². The fourth-order valence-corrected chi connectivity index (χ4v) is 3.55. The number of carbonyl (C=O) groups is 1. The molecule has 0 bridgehead atoms. The predicted octanol–water partition coefficient (Wildman–Crippen LogP) is 5.08. The van der Waals surface area contributed by atoms with E-state index in [1.54, 1.807) is 49.6 Å². The zero-order valence-corrected chi connectivity index (χ0v) is 16.2. The average Bonchev–Trinajstić information content (AvgIpc) is 2.76. The Hall–Kier alpha value is -3.28. The lowest BCUT2D eigenvalue weighted by molar-refractivity contribution is -0.139. The van der Waals surface area contributed by atoms with Crippen LogP contribution in [0.1, 0.15) is 32.1 Å². The van der Waals surface area contributed by atoms with Crippen LogP contribution in [0.2, 0.25) is 0 Å². The minimum absolute atomic E-state index is 0.0508. The maximum absolute atomic E-state index is 12.7. The Balaban J connectivity index is 1.55. The van der Waals surface area contributed by atoms with Gasteiger partial charge in [-0.15, -0.1) is 0 Å². The van der Waals surface area contributed by atoms with Crippen LogP contribution in [0, 0.1) is 5.92 Å². The van der Waals surface area contributed by atoms with Gasteiger partial charge < -0.3 is 18.6 Å². The Morgan fingerprint density at radius 3 is 2.59 bits per heavy atom. The van der Waals surface area contributed by atoms with Gasteiger partial charge in [0.1, 0.15) is 29.1 Å². The van der Waals surface area contributed by atoms with Crippen LogP contribution in [-0.4, -0.2) is 13.1 Å². The summed E-state index contributed by atoms with van der Waals surface area (Å²) in [6, 6.07) is 11.7. The molecular formula is C23H22O6. The van der Waals surface area contributed by atoms with E-state index < -0.39 is 0 Å². The van der Waals surface area contributed by atoms with Gasteiger partial charge in [0, 0.05) is 12.1 Å². The molecule has 1 heterocycles. The van der Waals surface area contributed by atoms with Crippen LogP contribution in [0.3, 0.4) is 0 Å². The molecule has 2 aromatic carbocycles. The van der Waals surface area contributed by atoms with Gasteiger partial charge in [0.05, 0.1) is 18.4 Å². The average molecular weight is 394 g/mol. The van der Waals surface area contributed by atoms with E-state index in [0.717, 1.165) is 25.7 Å². The van der Waals surface area contributed by atoms with E-state index in [1.807, 2.05) is 0 Å². The number of hydrogen-bond donors (Lipinski definition) is 0. The summed E-state index contributed by atoms with van der Waals surface area (Å²) >= 11 is 0. The van der Waals surface area contributed by atoms with Crippen molar-refractivity contribution in [1.29, 1.82) is 0 Å². The normalized spacial score (nSPS) is 14.5. The van der Waals surface area contributed by atoms with Gasteiger partial charge in [-0.3, -0.25) is 9.59 Å². The molecule has 150 valence electrons. The van der Waals surface area contributed by atoms with Crippen molar-refractivity contribution >= 4 is 16.9 Å². The molecule has 1 aliphatic carbocycles. The molecule has 6 nitrogen and oxygen atoms in total. The highest BCUT2D eigenvalue weighted by Gasteiger charge is 2.23. The van der Waals surface area contributed by atoms with Gasteiger partial charge in [0.2, 0.25) is 11.2 Å². The first-order valence-corrected chi connectivity index (χ1v) is 9.73. The van der Waals surface area contributed by atoms with Crippen LogP contribution < -0.4 is 19.6 Å². The van der Waals surface area contributed by atoms with Crippen molar-refractivity contribution in [2.24, 2.45) is 5.92 Å². The molecule has 29 heavy (non-hydrogen) atoms. The number of methoxy groups -OCH3 is 1. The lowest BCUT2D eigenvalue weighted by atomic mass is 9.89. The van der Waals surface area contributed by atoms with Crippen molar-refractivity contribution in [3.05, 3.63) is 59.0 Å². The van der Waals surface area contributed by atoms with E-state index >= 15 is 0 Å². The second-order valence-corrected chi connectivity index (χ2v) is 7.12. The summed E-state index contributed by atoms with van der Waals surface area (Å²) in [5.41, 5.74) is 0.0289. The van der Waals surface area contributed by atoms with Crippen molar-refractivity contribution < 1.29 is 23.4 Å². The molecule has 3 aromatic rings. The first-order valence-electron chi connectivity index (χ1n) is 9.73. The lowest BCUT2D eigenvalue weighted by Gasteiger charge is -2.19. The minimum Gasteiger partial charge on any atom is -0.497 e. The van der Waals surface area contributed by atoms with Crippen molar-refractivity contribution in [2.75, 3.05) is 7.11 Å². The van der Waals surface area contributed by atoms with E-state index in [-0.39, 0.29) is 23.1 Å². The van der Waals surface area contributed by atoms with Gasteiger partial charge in [-0.05, 0) is 37.1 Å². The molecule has 6 heteroatoms. The highest BCUT2D eigenvalue weighted by Crippen LogP contribution is 2.28. The molecule has 0 radical (unpaired) electrons. The van der Waals surface area contributed by atoms with E-state index in [9.17, 15) is 9.59 Å². The zero-order chi connectivity index (χ0) is 20.2. The summed E-state index contributed by atoms with van der Waals surface area (Å²) in [6.45, 7) is 0. The molecule has 1 fully saturated rings. The van der Waals surface area contributed by atoms with Crippen molar-refractivity contribution in [3.63, 3.8) is 0 Å². The van der Waals surface area contributed by atoms with Crippen LogP contribution in [-0.2, 0) is 4.79 Å². The summed E-state index contributed by atoms with van der Waals surface area (Å²) < 4.78 is 21.9. The number of fused-ring (bicyclic) bond motifs is 1. The van der Waals surface area contributed by atoms with Crippen LogP contribution in [0.5, 0.6) is 23.0 Å². The van der Waals surface area contributed by atoms with E-state index in [2.05, 4.69) is 0 Å².